The lowest BCUT2D eigenvalue weighted by Crippen LogP contribution is -2.00. The number of imidazole rings is 1. The van der Waals surface area contributed by atoms with Crippen LogP contribution in [0.2, 0.25) is 15.1 Å². The quantitative estimate of drug-likeness (QED) is 0.226. The van der Waals surface area contributed by atoms with Gasteiger partial charge in [0.2, 0.25) is 0 Å². The Morgan fingerprint density at radius 2 is 1.88 bits per heavy atom. The molecule has 0 atom stereocenters. The van der Waals surface area contributed by atoms with Crippen LogP contribution in [0.3, 0.4) is 0 Å². The summed E-state index contributed by atoms with van der Waals surface area (Å²) in [4.78, 5) is 19.5. The number of carboxylic acids is 1. The molecule has 0 fully saturated rings. The van der Waals surface area contributed by atoms with Crippen molar-refractivity contribution >= 4 is 69.4 Å². The first-order chi connectivity index (χ1) is 15.3. The third-order valence-electron chi connectivity index (χ3n) is 4.46. The topological polar surface area (TPSA) is 87.2 Å². The predicted octanol–water partition coefficient (Wildman–Crippen LogP) is 7.37. The van der Waals surface area contributed by atoms with Crippen molar-refractivity contribution in [2.45, 2.75) is 18.2 Å². The maximum Gasteiger partial charge on any atom is 0.307 e. The molecule has 0 saturated heterocycles. The summed E-state index contributed by atoms with van der Waals surface area (Å²) in [5, 5.41) is 10.3. The van der Waals surface area contributed by atoms with Crippen molar-refractivity contribution in [3.8, 4) is 11.5 Å². The van der Waals surface area contributed by atoms with Crippen molar-refractivity contribution in [2.75, 3.05) is 4.72 Å². The van der Waals surface area contributed by atoms with Gasteiger partial charge in [-0.25, -0.2) is 4.98 Å². The second-order valence-corrected chi connectivity index (χ2v) is 8.97. The molecule has 4 aromatic rings. The minimum atomic E-state index is -0.932. The molecule has 0 spiro atoms. The van der Waals surface area contributed by atoms with Crippen LogP contribution in [0.4, 0.5) is 5.69 Å². The first-order valence-corrected chi connectivity index (χ1v) is 11.3. The van der Waals surface area contributed by atoms with E-state index >= 15 is 0 Å². The lowest BCUT2D eigenvalue weighted by atomic mass is 10.1. The fraction of sp³-hybridized carbons (Fsp3) is 0.0909. The zero-order valence-electron chi connectivity index (χ0n) is 16.6. The van der Waals surface area contributed by atoms with Gasteiger partial charge in [0.1, 0.15) is 22.8 Å². The average Bonchev–Trinajstić information content (AvgIpc) is 3.10. The minimum absolute atomic E-state index is 0.121. The third-order valence-corrected chi connectivity index (χ3v) is 6.30. The molecule has 1 heterocycles. The first-order valence-electron chi connectivity index (χ1n) is 9.35. The van der Waals surface area contributed by atoms with Gasteiger partial charge in [0.25, 0.3) is 0 Å². The van der Waals surface area contributed by atoms with E-state index in [9.17, 15) is 4.79 Å². The highest BCUT2D eigenvalue weighted by Gasteiger charge is 2.16. The van der Waals surface area contributed by atoms with E-state index in [0.717, 1.165) is 16.2 Å². The van der Waals surface area contributed by atoms with E-state index in [-0.39, 0.29) is 6.42 Å². The van der Waals surface area contributed by atoms with Crippen LogP contribution in [0.1, 0.15) is 11.4 Å². The van der Waals surface area contributed by atoms with E-state index in [1.807, 2.05) is 19.1 Å². The van der Waals surface area contributed by atoms with Gasteiger partial charge in [-0.1, -0.05) is 40.9 Å². The van der Waals surface area contributed by atoms with Crippen LogP contribution in [0, 0.1) is 6.92 Å². The minimum Gasteiger partial charge on any atom is -0.481 e. The van der Waals surface area contributed by atoms with Crippen molar-refractivity contribution < 1.29 is 14.6 Å². The van der Waals surface area contributed by atoms with E-state index < -0.39 is 5.97 Å². The second kappa shape index (κ2) is 9.50. The molecule has 0 aliphatic carbocycles. The number of nitrogens with zero attached hydrogens (tertiary/aromatic N) is 1. The Hall–Kier alpha value is -2.58. The van der Waals surface area contributed by atoms with Gasteiger partial charge in [0.05, 0.1) is 22.0 Å². The van der Waals surface area contributed by atoms with Gasteiger partial charge in [-0.05, 0) is 66.9 Å². The monoisotopic (exact) mass is 507 g/mol. The summed E-state index contributed by atoms with van der Waals surface area (Å²) >= 11 is 19.9. The number of carbonyl (C=O) groups is 1. The van der Waals surface area contributed by atoms with Gasteiger partial charge < -0.3 is 19.5 Å². The number of aliphatic carboxylic acids is 1. The Labute approximate surface area is 203 Å². The number of aromatic nitrogens is 2. The molecule has 0 aliphatic heterocycles. The maximum atomic E-state index is 10.9. The Morgan fingerprint density at radius 3 is 2.59 bits per heavy atom. The van der Waals surface area contributed by atoms with Crippen molar-refractivity contribution in [3.63, 3.8) is 0 Å². The van der Waals surface area contributed by atoms with Crippen LogP contribution >= 0.6 is 46.8 Å². The number of aromatic amines is 1. The maximum absolute atomic E-state index is 10.9. The van der Waals surface area contributed by atoms with Crippen molar-refractivity contribution in [1.29, 1.82) is 0 Å². The predicted molar refractivity (Wildman–Crippen MR) is 130 cm³/mol. The number of hydrogen-bond acceptors (Lipinski definition) is 5. The number of anilines is 1. The number of fused-ring (bicyclic) bond motifs is 1. The molecule has 1 aromatic heterocycles. The van der Waals surface area contributed by atoms with Crippen molar-refractivity contribution in [1.82, 2.24) is 9.97 Å². The van der Waals surface area contributed by atoms with Gasteiger partial charge in [0, 0.05) is 9.92 Å². The summed E-state index contributed by atoms with van der Waals surface area (Å²) in [7, 11) is 0. The molecule has 10 heteroatoms. The number of nitrogens with one attached hydrogen (secondary N) is 2. The molecule has 3 aromatic carbocycles. The number of H-pyrrole nitrogens is 1. The van der Waals surface area contributed by atoms with Gasteiger partial charge in [0.15, 0.2) is 5.75 Å². The number of ether oxygens (including phenoxy) is 1. The standard InChI is InChI=1S/C22H16Cl3N3O3S/c1-11-26-16-4-6-18(31-17-5-2-12(8-14(17)24)9-20(29)30)22(21(16)27-11)28-32-19-7-3-13(23)10-15(19)25/h2-8,10,28H,9H2,1H3,(H,26,27)(H,29,30). The Balaban J connectivity index is 1.67. The smallest absolute Gasteiger partial charge is 0.307 e. The molecule has 0 bridgehead atoms. The van der Waals surface area contributed by atoms with Crippen LogP contribution in [0.15, 0.2) is 53.4 Å². The summed E-state index contributed by atoms with van der Waals surface area (Å²) in [6.45, 7) is 1.87. The zero-order chi connectivity index (χ0) is 22.8. The van der Waals surface area contributed by atoms with Gasteiger partial charge in [-0.15, -0.1) is 0 Å². The summed E-state index contributed by atoms with van der Waals surface area (Å²) in [6.07, 6.45) is -0.121. The Bertz CT molecular complexity index is 1330. The number of carboxylic acid groups (broad SMARTS) is 1. The molecule has 0 unspecified atom stereocenters. The van der Waals surface area contributed by atoms with Gasteiger partial charge >= 0.3 is 5.97 Å². The fourth-order valence-corrected chi connectivity index (χ4v) is 4.53. The number of halogens is 3. The van der Waals surface area contributed by atoms with E-state index in [0.29, 0.717) is 43.3 Å². The highest BCUT2D eigenvalue weighted by molar-refractivity contribution is 8.00. The molecular weight excluding hydrogens is 493 g/mol. The van der Waals surface area contributed by atoms with Gasteiger partial charge in [-0.3, -0.25) is 4.79 Å². The molecular formula is C22H16Cl3N3O3S. The first kappa shape index (κ1) is 22.6. The van der Waals surface area contributed by atoms with Crippen LogP contribution < -0.4 is 9.46 Å². The molecule has 4 rings (SSSR count). The van der Waals surface area contributed by atoms with Crippen molar-refractivity contribution in [2.24, 2.45) is 0 Å². The van der Waals surface area contributed by atoms with E-state index in [1.165, 1.54) is 11.9 Å². The van der Waals surface area contributed by atoms with E-state index in [1.54, 1.807) is 36.4 Å². The lowest BCUT2D eigenvalue weighted by Gasteiger charge is -2.15. The molecule has 3 N–H and O–H groups in total. The summed E-state index contributed by atoms with van der Waals surface area (Å²) in [5.74, 6) is 0.712. The molecule has 32 heavy (non-hydrogen) atoms. The largest absolute Gasteiger partial charge is 0.481 e. The highest BCUT2D eigenvalue weighted by Crippen LogP contribution is 2.41. The number of benzene rings is 3. The second-order valence-electron chi connectivity index (χ2n) is 6.87. The molecule has 0 radical (unpaired) electrons. The van der Waals surface area contributed by atoms with E-state index in [4.69, 9.17) is 44.6 Å². The summed E-state index contributed by atoms with van der Waals surface area (Å²) in [5.41, 5.74) is 2.74. The average molecular weight is 509 g/mol. The molecule has 164 valence electrons. The summed E-state index contributed by atoms with van der Waals surface area (Å²) < 4.78 is 9.38. The highest BCUT2D eigenvalue weighted by atomic mass is 35.5. The van der Waals surface area contributed by atoms with Crippen LogP contribution in [-0.2, 0) is 11.2 Å². The Kier molecular flexibility index (Phi) is 6.71. The lowest BCUT2D eigenvalue weighted by molar-refractivity contribution is -0.136. The third kappa shape index (κ3) is 5.07. The van der Waals surface area contributed by atoms with Crippen molar-refractivity contribution in [3.05, 3.63) is 75.0 Å². The van der Waals surface area contributed by atoms with Gasteiger partial charge in [-0.2, -0.15) is 0 Å². The molecule has 0 amide bonds. The van der Waals surface area contributed by atoms with Crippen LogP contribution in [0.5, 0.6) is 11.5 Å². The zero-order valence-corrected chi connectivity index (χ0v) is 19.7. The Morgan fingerprint density at radius 1 is 1.09 bits per heavy atom. The molecule has 0 aliphatic rings. The fourth-order valence-electron chi connectivity index (χ4n) is 3.06. The van der Waals surface area contributed by atoms with E-state index in [2.05, 4.69) is 14.7 Å². The number of hydrogen-bond donors (Lipinski definition) is 3. The van der Waals surface area contributed by atoms with Crippen LogP contribution in [0.25, 0.3) is 11.0 Å². The SMILES string of the molecule is Cc1nc2c(NSc3ccc(Cl)cc3Cl)c(Oc3ccc(CC(=O)O)cc3Cl)ccc2[nH]1. The normalized spacial score (nSPS) is 11.0. The number of rotatable bonds is 7. The van der Waals surface area contributed by atoms with Crippen LogP contribution in [-0.4, -0.2) is 21.0 Å². The summed E-state index contributed by atoms with van der Waals surface area (Å²) in [6, 6.07) is 13.8. The number of aryl methyl sites for hydroxylation is 1. The molecule has 0 saturated carbocycles. The molecule has 6 nitrogen and oxygen atoms in total.